The lowest BCUT2D eigenvalue weighted by atomic mass is 10.2. The van der Waals surface area contributed by atoms with Crippen molar-refractivity contribution in [3.63, 3.8) is 0 Å². The largest absolute Gasteiger partial charge is 0.297 e. The first kappa shape index (κ1) is 15.3. The predicted molar refractivity (Wildman–Crippen MR) is 94.7 cm³/mol. The first-order valence-corrected chi connectivity index (χ1v) is 8.55. The van der Waals surface area contributed by atoms with E-state index in [9.17, 15) is 0 Å². The molecule has 4 rings (SSSR count). The number of piperazine rings is 1. The van der Waals surface area contributed by atoms with Crippen molar-refractivity contribution < 1.29 is 0 Å². The monoisotopic (exact) mass is 321 g/mol. The standard InChI is InChI=1S/C19H23N5/c1-16-3-2-6-20-19(16)15-23-11-9-22(10-12-23)14-17-5-8-24-18(13-17)4-7-21-24/h2-8,13H,9-12,14-15H2,1H3. The van der Waals surface area contributed by atoms with Gasteiger partial charge in [-0.1, -0.05) is 6.07 Å². The summed E-state index contributed by atoms with van der Waals surface area (Å²) in [5, 5.41) is 4.25. The average Bonchev–Trinajstić information content (AvgIpc) is 3.06. The number of rotatable bonds is 4. The summed E-state index contributed by atoms with van der Waals surface area (Å²) in [6, 6.07) is 10.6. The van der Waals surface area contributed by atoms with Crippen LogP contribution >= 0.6 is 0 Å². The Labute approximate surface area is 142 Å². The van der Waals surface area contributed by atoms with Crippen LogP contribution in [0.1, 0.15) is 16.8 Å². The second-order valence-electron chi connectivity index (χ2n) is 6.55. The molecule has 1 aliphatic rings. The number of aryl methyl sites for hydroxylation is 1. The summed E-state index contributed by atoms with van der Waals surface area (Å²) in [5.41, 5.74) is 5.01. The average molecular weight is 321 g/mol. The number of pyridine rings is 2. The molecular formula is C19H23N5. The minimum Gasteiger partial charge on any atom is -0.297 e. The SMILES string of the molecule is Cc1cccnc1CN1CCN(Cc2ccn3nccc3c2)CC1. The Morgan fingerprint density at radius 2 is 1.75 bits per heavy atom. The molecule has 3 aromatic rings. The topological polar surface area (TPSA) is 36.7 Å². The quantitative estimate of drug-likeness (QED) is 0.739. The fourth-order valence-electron chi connectivity index (χ4n) is 3.33. The van der Waals surface area contributed by atoms with E-state index in [2.05, 4.69) is 51.1 Å². The van der Waals surface area contributed by atoms with Gasteiger partial charge in [0, 0.05) is 57.9 Å². The van der Waals surface area contributed by atoms with Gasteiger partial charge in [0.2, 0.25) is 0 Å². The van der Waals surface area contributed by atoms with E-state index in [1.807, 2.05) is 29.2 Å². The first-order valence-electron chi connectivity index (χ1n) is 8.55. The highest BCUT2D eigenvalue weighted by Crippen LogP contribution is 2.13. The summed E-state index contributed by atoms with van der Waals surface area (Å²) in [7, 11) is 0. The number of hydrogen-bond acceptors (Lipinski definition) is 4. The van der Waals surface area contributed by atoms with E-state index < -0.39 is 0 Å². The summed E-state index contributed by atoms with van der Waals surface area (Å²) in [6.07, 6.45) is 5.79. The Balaban J connectivity index is 1.33. The zero-order valence-electron chi connectivity index (χ0n) is 14.1. The third kappa shape index (κ3) is 3.32. The minimum absolute atomic E-state index is 0.961. The molecule has 0 aromatic carbocycles. The molecule has 0 amide bonds. The van der Waals surface area contributed by atoms with E-state index in [1.165, 1.54) is 16.8 Å². The Kier molecular flexibility index (Phi) is 4.28. The van der Waals surface area contributed by atoms with Gasteiger partial charge < -0.3 is 0 Å². The number of aromatic nitrogens is 3. The normalized spacial score (nSPS) is 16.7. The van der Waals surface area contributed by atoms with Gasteiger partial charge in [-0.25, -0.2) is 4.52 Å². The van der Waals surface area contributed by atoms with Gasteiger partial charge in [-0.15, -0.1) is 0 Å². The fourth-order valence-corrected chi connectivity index (χ4v) is 3.33. The number of hydrogen-bond donors (Lipinski definition) is 0. The lowest BCUT2D eigenvalue weighted by Crippen LogP contribution is -2.45. The molecule has 3 aromatic heterocycles. The Morgan fingerprint density at radius 1 is 0.958 bits per heavy atom. The maximum absolute atomic E-state index is 4.52. The number of nitrogens with zero attached hydrogens (tertiary/aromatic N) is 5. The van der Waals surface area contributed by atoms with Crippen LogP contribution in [0.3, 0.4) is 0 Å². The highest BCUT2D eigenvalue weighted by atomic mass is 15.3. The van der Waals surface area contributed by atoms with Crippen LogP contribution in [0.15, 0.2) is 48.9 Å². The highest BCUT2D eigenvalue weighted by Gasteiger charge is 2.18. The van der Waals surface area contributed by atoms with Crippen molar-refractivity contribution >= 4 is 5.52 Å². The van der Waals surface area contributed by atoms with Gasteiger partial charge in [0.1, 0.15) is 0 Å². The smallest absolute Gasteiger partial charge is 0.0664 e. The summed E-state index contributed by atoms with van der Waals surface area (Å²) in [5.74, 6) is 0. The molecule has 0 aliphatic carbocycles. The molecule has 0 bridgehead atoms. The summed E-state index contributed by atoms with van der Waals surface area (Å²) < 4.78 is 1.91. The molecule has 0 atom stereocenters. The lowest BCUT2D eigenvalue weighted by Gasteiger charge is -2.34. The molecule has 0 saturated carbocycles. The second kappa shape index (κ2) is 6.71. The number of fused-ring (bicyclic) bond motifs is 1. The van der Waals surface area contributed by atoms with E-state index in [0.717, 1.165) is 44.8 Å². The van der Waals surface area contributed by atoms with Gasteiger partial charge in [-0.2, -0.15) is 5.10 Å². The molecule has 24 heavy (non-hydrogen) atoms. The second-order valence-corrected chi connectivity index (χ2v) is 6.55. The molecule has 0 radical (unpaired) electrons. The zero-order chi connectivity index (χ0) is 16.4. The molecule has 1 aliphatic heterocycles. The van der Waals surface area contributed by atoms with E-state index in [-0.39, 0.29) is 0 Å². The van der Waals surface area contributed by atoms with Crippen molar-refractivity contribution in [2.45, 2.75) is 20.0 Å². The van der Waals surface area contributed by atoms with E-state index in [1.54, 1.807) is 0 Å². The van der Waals surface area contributed by atoms with Gasteiger partial charge in [0.15, 0.2) is 0 Å². The van der Waals surface area contributed by atoms with Crippen molar-refractivity contribution in [2.75, 3.05) is 26.2 Å². The molecule has 1 fully saturated rings. The highest BCUT2D eigenvalue weighted by molar-refractivity contribution is 5.47. The summed E-state index contributed by atoms with van der Waals surface area (Å²) >= 11 is 0. The van der Waals surface area contributed by atoms with Crippen LogP contribution in [0.25, 0.3) is 5.52 Å². The van der Waals surface area contributed by atoms with Crippen LogP contribution in [0.5, 0.6) is 0 Å². The minimum atomic E-state index is 0.961. The molecule has 0 spiro atoms. The van der Waals surface area contributed by atoms with Gasteiger partial charge in [-0.3, -0.25) is 14.8 Å². The van der Waals surface area contributed by atoms with Crippen LogP contribution in [0, 0.1) is 6.92 Å². The van der Waals surface area contributed by atoms with Crippen LogP contribution in [-0.2, 0) is 13.1 Å². The van der Waals surface area contributed by atoms with Crippen molar-refractivity contribution in [3.05, 3.63) is 65.7 Å². The Hall–Kier alpha value is -2.24. The predicted octanol–water partition coefficient (Wildman–Crippen LogP) is 2.36. The fraction of sp³-hybridized carbons (Fsp3) is 0.368. The molecule has 0 unspecified atom stereocenters. The maximum Gasteiger partial charge on any atom is 0.0664 e. The van der Waals surface area contributed by atoms with Crippen molar-refractivity contribution in [1.29, 1.82) is 0 Å². The van der Waals surface area contributed by atoms with Gasteiger partial charge in [0.05, 0.1) is 11.2 Å². The maximum atomic E-state index is 4.52. The molecule has 1 saturated heterocycles. The van der Waals surface area contributed by atoms with Crippen LogP contribution in [-0.4, -0.2) is 50.6 Å². The van der Waals surface area contributed by atoms with Crippen LogP contribution in [0.4, 0.5) is 0 Å². The Morgan fingerprint density at radius 3 is 2.54 bits per heavy atom. The molecule has 5 nitrogen and oxygen atoms in total. The van der Waals surface area contributed by atoms with Crippen molar-refractivity contribution in [3.8, 4) is 0 Å². The third-order valence-electron chi connectivity index (χ3n) is 4.83. The summed E-state index contributed by atoms with van der Waals surface area (Å²) in [4.78, 5) is 9.56. The van der Waals surface area contributed by atoms with Gasteiger partial charge in [-0.05, 0) is 42.3 Å². The molecule has 124 valence electrons. The third-order valence-corrected chi connectivity index (χ3v) is 4.83. The molecule has 5 heteroatoms. The molecule has 0 N–H and O–H groups in total. The van der Waals surface area contributed by atoms with Crippen LogP contribution in [0.2, 0.25) is 0 Å². The zero-order valence-corrected chi connectivity index (χ0v) is 14.1. The lowest BCUT2D eigenvalue weighted by molar-refractivity contribution is 0.121. The van der Waals surface area contributed by atoms with Crippen molar-refractivity contribution in [1.82, 2.24) is 24.4 Å². The molecular weight excluding hydrogens is 298 g/mol. The Bertz CT molecular complexity index is 817. The summed E-state index contributed by atoms with van der Waals surface area (Å²) in [6.45, 7) is 8.54. The van der Waals surface area contributed by atoms with Gasteiger partial charge >= 0.3 is 0 Å². The van der Waals surface area contributed by atoms with E-state index >= 15 is 0 Å². The van der Waals surface area contributed by atoms with Crippen molar-refractivity contribution in [2.24, 2.45) is 0 Å². The first-order chi connectivity index (χ1) is 11.8. The van der Waals surface area contributed by atoms with Gasteiger partial charge in [0.25, 0.3) is 0 Å². The molecule has 4 heterocycles. The van der Waals surface area contributed by atoms with E-state index in [0.29, 0.717) is 0 Å². The van der Waals surface area contributed by atoms with Crippen LogP contribution < -0.4 is 0 Å². The van der Waals surface area contributed by atoms with E-state index in [4.69, 9.17) is 0 Å².